The van der Waals surface area contributed by atoms with Gasteiger partial charge in [-0.25, -0.2) is 25.8 Å². The fourth-order valence-corrected chi connectivity index (χ4v) is 3.58. The predicted octanol–water partition coefficient (Wildman–Crippen LogP) is 3.12. The van der Waals surface area contributed by atoms with E-state index in [9.17, 15) is 46.7 Å². The number of carbonyl (C=O) groups is 2. The van der Waals surface area contributed by atoms with Crippen LogP contribution in [0.3, 0.4) is 0 Å². The van der Waals surface area contributed by atoms with Crippen LogP contribution in [0.1, 0.15) is 20.7 Å². The van der Waals surface area contributed by atoms with E-state index in [1.807, 2.05) is 0 Å². The molecule has 0 bridgehead atoms. The number of nitrogens with zero attached hydrogens (tertiary/aromatic N) is 2. The Morgan fingerprint density at radius 3 is 1.39 bits per heavy atom. The minimum absolute atomic E-state index is 0.235. The van der Waals surface area contributed by atoms with E-state index in [4.69, 9.17) is 20.9 Å². The molecule has 0 radical (unpaired) electrons. The number of aromatic carboxylic acids is 1. The Hall–Kier alpha value is -2.70. The summed E-state index contributed by atoms with van der Waals surface area (Å²) in [6.45, 7) is 0. The van der Waals surface area contributed by atoms with Gasteiger partial charge in [0.2, 0.25) is 9.23 Å². The highest BCUT2D eigenvalue weighted by Crippen LogP contribution is 2.24. The molecule has 0 aliphatic rings. The van der Waals surface area contributed by atoms with E-state index in [1.54, 1.807) is 0 Å². The molecule has 0 heterocycles. The van der Waals surface area contributed by atoms with Crippen molar-refractivity contribution in [2.75, 3.05) is 12.5 Å². The normalized spacial score (nSPS) is 10.8. The van der Waals surface area contributed by atoms with E-state index >= 15 is 0 Å². The highest BCUT2D eigenvalue weighted by Gasteiger charge is 2.23. The van der Waals surface area contributed by atoms with Crippen molar-refractivity contribution in [3.05, 3.63) is 67.8 Å². The van der Waals surface area contributed by atoms with Gasteiger partial charge >= 0.3 is 5.97 Å². The first-order valence-electron chi connectivity index (χ1n) is 8.34. The van der Waals surface area contributed by atoms with Gasteiger partial charge in [0.15, 0.2) is 19.7 Å². The molecule has 0 aliphatic heterocycles. The van der Waals surface area contributed by atoms with Gasteiger partial charge in [-0.2, -0.15) is 0 Å². The van der Waals surface area contributed by atoms with Crippen molar-refractivity contribution < 1.29 is 45.6 Å². The SMILES string of the molecule is CS(=O)(=O)c1ccc(C(=O)Cl)c([N+](=O)[O-])c1.CS(=O)(=O)c1ccc(C(=O)O)c([N+](=O)[O-])c1.O=S(Cl)Cl. The van der Waals surface area contributed by atoms with Crippen LogP contribution in [-0.2, 0) is 28.9 Å². The molecule has 20 heteroatoms. The Morgan fingerprint density at radius 1 is 0.833 bits per heavy atom. The largest absolute Gasteiger partial charge is 0.477 e. The Balaban J connectivity index is 0.000000593. The highest BCUT2D eigenvalue weighted by molar-refractivity contribution is 8.26. The highest BCUT2D eigenvalue weighted by atomic mass is 36.0. The summed E-state index contributed by atoms with van der Waals surface area (Å²) in [5.74, 6) is -1.48. The van der Waals surface area contributed by atoms with Crippen LogP contribution in [0.25, 0.3) is 0 Å². The molecular weight excluding hydrogens is 615 g/mol. The maximum atomic E-state index is 11.1. The minimum Gasteiger partial charge on any atom is -0.477 e. The number of hydrogen-bond donors (Lipinski definition) is 1. The summed E-state index contributed by atoms with van der Waals surface area (Å²) >= 11 is 5.13. The second-order valence-corrected chi connectivity index (χ2v) is 13.1. The molecule has 0 saturated carbocycles. The van der Waals surface area contributed by atoms with Gasteiger partial charge < -0.3 is 5.11 Å². The van der Waals surface area contributed by atoms with Crippen LogP contribution in [0, 0.1) is 20.2 Å². The first kappa shape index (κ1) is 33.3. The molecule has 0 aromatic heterocycles. The third-order valence-corrected chi connectivity index (χ3v) is 6.05. The molecule has 14 nitrogen and oxygen atoms in total. The van der Waals surface area contributed by atoms with Crippen LogP contribution in [0.2, 0.25) is 0 Å². The Morgan fingerprint density at radius 2 is 1.14 bits per heavy atom. The zero-order chi connectivity index (χ0) is 28.6. The van der Waals surface area contributed by atoms with Gasteiger partial charge in [-0.1, -0.05) is 0 Å². The number of carbonyl (C=O) groups excluding carboxylic acids is 1. The number of halogens is 3. The number of nitro benzene ring substituents is 2. The predicted molar refractivity (Wildman–Crippen MR) is 129 cm³/mol. The first-order chi connectivity index (χ1) is 16.2. The zero-order valence-corrected chi connectivity index (χ0v) is 22.4. The van der Waals surface area contributed by atoms with Gasteiger partial charge in [-0.05, 0) is 35.9 Å². The minimum atomic E-state index is -3.60. The second kappa shape index (κ2) is 13.6. The third-order valence-electron chi connectivity index (χ3n) is 3.63. The molecule has 198 valence electrons. The van der Waals surface area contributed by atoms with Crippen LogP contribution in [0.15, 0.2) is 46.2 Å². The maximum absolute atomic E-state index is 11.1. The van der Waals surface area contributed by atoms with Crippen molar-refractivity contribution in [1.29, 1.82) is 0 Å². The van der Waals surface area contributed by atoms with E-state index < -0.39 is 66.9 Å². The van der Waals surface area contributed by atoms with Crippen LogP contribution < -0.4 is 0 Å². The van der Waals surface area contributed by atoms with Gasteiger partial charge in [0.25, 0.3) is 16.6 Å². The standard InChI is InChI=1S/C8H6ClNO5S.C8H7NO6S.Cl2OS/c1-16(14,15)5-2-3-6(8(9)11)7(4-5)10(12)13;1-16(14,15)5-2-3-6(8(10)11)7(4-5)9(12)13;1-4(2)3/h2-4H,1H3;2-4H,1H3,(H,10,11);. The summed E-state index contributed by atoms with van der Waals surface area (Å²) in [5.41, 5.74) is -2.24. The molecule has 36 heavy (non-hydrogen) atoms. The molecule has 0 saturated heterocycles. The summed E-state index contributed by atoms with van der Waals surface area (Å²) in [6.07, 6.45) is 1.79. The first-order valence-corrected chi connectivity index (χ1v) is 15.3. The third kappa shape index (κ3) is 10.9. The fourth-order valence-electron chi connectivity index (χ4n) is 2.13. The van der Waals surface area contributed by atoms with E-state index in [0.717, 1.165) is 48.9 Å². The average molecular weight is 628 g/mol. The molecule has 2 aromatic carbocycles. The number of nitro groups is 2. The smallest absolute Gasteiger partial charge is 0.342 e. The molecule has 0 aliphatic carbocycles. The van der Waals surface area contributed by atoms with Crippen LogP contribution >= 0.6 is 33.0 Å². The van der Waals surface area contributed by atoms with E-state index in [0.29, 0.717) is 0 Å². The molecular formula is C16H13Cl3N2O12S3. The number of benzene rings is 2. The van der Waals surface area contributed by atoms with Crippen molar-refractivity contribution in [2.45, 2.75) is 9.79 Å². The number of rotatable bonds is 6. The van der Waals surface area contributed by atoms with E-state index in [2.05, 4.69) is 21.4 Å². The summed E-state index contributed by atoms with van der Waals surface area (Å²) in [6, 6.07) is 5.58. The average Bonchev–Trinajstić information content (AvgIpc) is 2.71. The van der Waals surface area contributed by atoms with Crippen molar-refractivity contribution >= 4 is 84.5 Å². The molecule has 0 atom stereocenters. The van der Waals surface area contributed by atoms with E-state index in [1.165, 1.54) is 0 Å². The Bertz CT molecular complexity index is 1340. The molecule has 1 N–H and O–H groups in total. The summed E-state index contributed by atoms with van der Waals surface area (Å²) in [5, 5.41) is 28.8. The molecule has 0 amide bonds. The Labute approximate surface area is 219 Å². The number of hydrogen-bond acceptors (Lipinski definition) is 11. The number of carboxylic acids is 1. The van der Waals surface area contributed by atoms with Gasteiger partial charge in [0.1, 0.15) is 11.1 Å². The second-order valence-electron chi connectivity index (χ2n) is 6.18. The topological polar surface area (TPSA) is 226 Å². The number of sulfone groups is 2. The van der Waals surface area contributed by atoms with E-state index in [-0.39, 0.29) is 15.4 Å². The lowest BCUT2D eigenvalue weighted by atomic mass is 10.2. The molecule has 0 fully saturated rings. The molecule has 0 spiro atoms. The summed E-state index contributed by atoms with van der Waals surface area (Å²) in [7, 11) is 0.199. The lowest BCUT2D eigenvalue weighted by Crippen LogP contribution is -2.05. The molecule has 0 unspecified atom stereocenters. The van der Waals surface area contributed by atoms with Crippen molar-refractivity contribution in [2.24, 2.45) is 0 Å². The van der Waals surface area contributed by atoms with Crippen LogP contribution in [0.4, 0.5) is 11.4 Å². The molecule has 2 rings (SSSR count). The lowest BCUT2D eigenvalue weighted by Gasteiger charge is -2.01. The lowest BCUT2D eigenvalue weighted by molar-refractivity contribution is -0.385. The monoisotopic (exact) mass is 626 g/mol. The van der Waals surface area contributed by atoms with Gasteiger partial charge in [0, 0.05) is 46.0 Å². The van der Waals surface area contributed by atoms with Crippen molar-refractivity contribution in [3.8, 4) is 0 Å². The fraction of sp³-hybridized carbons (Fsp3) is 0.125. The Kier molecular flexibility index (Phi) is 12.5. The summed E-state index contributed by atoms with van der Waals surface area (Å²) < 4.78 is 53.6. The molecule has 2 aromatic rings. The van der Waals surface area contributed by atoms with Crippen LogP contribution in [0.5, 0.6) is 0 Å². The van der Waals surface area contributed by atoms with Crippen molar-refractivity contribution in [1.82, 2.24) is 0 Å². The number of carboxylic acid groups (broad SMARTS) is 1. The van der Waals surface area contributed by atoms with Crippen molar-refractivity contribution in [3.63, 3.8) is 0 Å². The van der Waals surface area contributed by atoms with Gasteiger partial charge in [0.05, 0.1) is 19.6 Å². The summed E-state index contributed by atoms with van der Waals surface area (Å²) in [4.78, 5) is 40.3. The zero-order valence-electron chi connectivity index (χ0n) is 17.7. The van der Waals surface area contributed by atoms with Gasteiger partial charge in [-0.3, -0.25) is 25.0 Å². The maximum Gasteiger partial charge on any atom is 0.342 e. The van der Waals surface area contributed by atoms with Gasteiger partial charge in [-0.15, -0.1) is 0 Å². The quantitative estimate of drug-likeness (QED) is 0.277. The van der Waals surface area contributed by atoms with Crippen LogP contribution in [-0.4, -0.2) is 59.7 Å².